The SMILES string of the molecule is Nn1c(SCC(=O)Nc2ccc(Cl)cc2[N+](=O)[O-])nnc1-c1ccccc1Br. The third kappa shape index (κ3) is 4.43. The first kappa shape index (κ1) is 20.1. The topological polar surface area (TPSA) is 129 Å². The van der Waals surface area contributed by atoms with Crippen LogP contribution in [0.25, 0.3) is 11.4 Å². The summed E-state index contributed by atoms with van der Waals surface area (Å²) in [6.45, 7) is 0. The minimum Gasteiger partial charge on any atom is -0.335 e. The first-order valence-electron chi connectivity index (χ1n) is 7.69. The summed E-state index contributed by atoms with van der Waals surface area (Å²) >= 11 is 10.2. The Bertz CT molecular complexity index is 1060. The van der Waals surface area contributed by atoms with Crippen molar-refractivity contribution in [2.75, 3.05) is 16.9 Å². The zero-order chi connectivity index (χ0) is 20.3. The number of nitro benzene ring substituents is 1. The van der Waals surface area contributed by atoms with E-state index in [1.54, 1.807) is 0 Å². The molecule has 3 aromatic rings. The fourth-order valence-corrected chi connectivity index (χ4v) is 3.56. The number of nitrogen functional groups attached to an aromatic ring is 1. The lowest BCUT2D eigenvalue weighted by molar-refractivity contribution is -0.383. The highest BCUT2D eigenvalue weighted by atomic mass is 79.9. The van der Waals surface area contributed by atoms with Gasteiger partial charge in [0.25, 0.3) is 5.69 Å². The van der Waals surface area contributed by atoms with Gasteiger partial charge in [-0.15, -0.1) is 10.2 Å². The van der Waals surface area contributed by atoms with Crippen molar-refractivity contribution in [2.24, 2.45) is 0 Å². The number of aromatic nitrogens is 3. The number of hydrogen-bond acceptors (Lipinski definition) is 7. The molecule has 0 fully saturated rings. The molecule has 12 heteroatoms. The van der Waals surface area contributed by atoms with Crippen molar-refractivity contribution >= 4 is 56.6 Å². The molecule has 0 bridgehead atoms. The number of nitrogens with one attached hydrogen (secondary N) is 1. The summed E-state index contributed by atoms with van der Waals surface area (Å²) in [6.07, 6.45) is 0. The van der Waals surface area contributed by atoms with E-state index in [1.807, 2.05) is 24.3 Å². The van der Waals surface area contributed by atoms with Crippen LogP contribution in [0.15, 0.2) is 52.1 Å². The molecule has 0 saturated heterocycles. The fourth-order valence-electron chi connectivity index (χ4n) is 2.28. The van der Waals surface area contributed by atoms with E-state index < -0.39 is 10.8 Å². The molecule has 0 spiro atoms. The predicted molar refractivity (Wildman–Crippen MR) is 111 cm³/mol. The number of carbonyl (C=O) groups excluding carboxylic acids is 1. The maximum atomic E-state index is 12.2. The molecule has 0 radical (unpaired) electrons. The number of thioether (sulfide) groups is 1. The molecule has 28 heavy (non-hydrogen) atoms. The van der Waals surface area contributed by atoms with E-state index in [0.29, 0.717) is 11.0 Å². The third-order valence-corrected chi connectivity index (χ3v) is 5.41. The van der Waals surface area contributed by atoms with E-state index in [9.17, 15) is 14.9 Å². The molecule has 2 aromatic carbocycles. The maximum absolute atomic E-state index is 12.2. The van der Waals surface area contributed by atoms with Crippen LogP contribution >= 0.6 is 39.3 Å². The van der Waals surface area contributed by atoms with Crippen LogP contribution in [0, 0.1) is 10.1 Å². The quantitative estimate of drug-likeness (QED) is 0.236. The van der Waals surface area contributed by atoms with Crippen LogP contribution < -0.4 is 11.2 Å². The smallest absolute Gasteiger partial charge is 0.294 e. The lowest BCUT2D eigenvalue weighted by Crippen LogP contribution is -2.17. The third-order valence-electron chi connectivity index (χ3n) is 3.54. The number of amides is 1. The number of anilines is 1. The van der Waals surface area contributed by atoms with Gasteiger partial charge in [0.1, 0.15) is 5.69 Å². The molecule has 3 N–H and O–H groups in total. The first-order valence-corrected chi connectivity index (χ1v) is 9.84. The largest absolute Gasteiger partial charge is 0.335 e. The van der Waals surface area contributed by atoms with Gasteiger partial charge >= 0.3 is 0 Å². The molecule has 0 aliphatic rings. The van der Waals surface area contributed by atoms with Gasteiger partial charge in [-0.1, -0.05) is 51.4 Å². The standard InChI is InChI=1S/C16H12BrClN6O3S/c17-11-4-2-1-3-10(11)15-21-22-16(23(15)19)28-8-14(25)20-12-6-5-9(18)7-13(12)24(26)27/h1-7H,8,19H2,(H,20,25). The molecule has 1 amide bonds. The van der Waals surface area contributed by atoms with Gasteiger partial charge in [0, 0.05) is 21.1 Å². The van der Waals surface area contributed by atoms with Gasteiger partial charge in [0.05, 0.1) is 10.7 Å². The summed E-state index contributed by atoms with van der Waals surface area (Å²) in [5.41, 5.74) is 0.526. The molecule has 144 valence electrons. The molecule has 0 atom stereocenters. The van der Waals surface area contributed by atoms with Gasteiger partial charge in [-0.25, -0.2) is 4.68 Å². The number of halogens is 2. The first-order chi connectivity index (χ1) is 13.4. The van der Waals surface area contributed by atoms with Crippen LogP contribution in [0.1, 0.15) is 0 Å². The van der Waals surface area contributed by atoms with Crippen LogP contribution in [0.5, 0.6) is 0 Å². The summed E-state index contributed by atoms with van der Waals surface area (Å²) in [5, 5.41) is 22.2. The van der Waals surface area contributed by atoms with Gasteiger partial charge in [0.15, 0.2) is 5.82 Å². The van der Waals surface area contributed by atoms with Crippen LogP contribution in [0.2, 0.25) is 5.02 Å². The number of rotatable bonds is 6. The molecule has 0 aliphatic heterocycles. The van der Waals surface area contributed by atoms with Crippen molar-refractivity contribution < 1.29 is 9.72 Å². The highest BCUT2D eigenvalue weighted by Crippen LogP contribution is 2.29. The Labute approximate surface area is 176 Å². The monoisotopic (exact) mass is 482 g/mol. The molecule has 1 aromatic heterocycles. The van der Waals surface area contributed by atoms with Crippen LogP contribution in [-0.4, -0.2) is 31.5 Å². The van der Waals surface area contributed by atoms with Gasteiger partial charge in [-0.05, 0) is 24.3 Å². The zero-order valence-corrected chi connectivity index (χ0v) is 17.2. The Morgan fingerprint density at radius 3 is 2.79 bits per heavy atom. The second-order valence-electron chi connectivity index (χ2n) is 5.41. The highest BCUT2D eigenvalue weighted by Gasteiger charge is 2.18. The zero-order valence-electron chi connectivity index (χ0n) is 14.0. The lowest BCUT2D eigenvalue weighted by Gasteiger charge is -2.07. The summed E-state index contributed by atoms with van der Waals surface area (Å²) < 4.78 is 2.08. The van der Waals surface area contributed by atoms with Crippen LogP contribution in [0.4, 0.5) is 11.4 Å². The average Bonchev–Trinajstić information content (AvgIpc) is 3.02. The molecule has 0 saturated carbocycles. The number of benzene rings is 2. The molecule has 0 aliphatic carbocycles. The summed E-state index contributed by atoms with van der Waals surface area (Å²) in [4.78, 5) is 22.7. The summed E-state index contributed by atoms with van der Waals surface area (Å²) in [7, 11) is 0. The second-order valence-corrected chi connectivity index (χ2v) is 7.64. The van der Waals surface area contributed by atoms with E-state index in [0.717, 1.165) is 21.8 Å². The number of carbonyl (C=O) groups is 1. The Kier molecular flexibility index (Phi) is 6.17. The maximum Gasteiger partial charge on any atom is 0.294 e. The molecule has 9 nitrogen and oxygen atoms in total. The summed E-state index contributed by atoms with van der Waals surface area (Å²) in [6, 6.07) is 11.4. The minimum absolute atomic E-state index is 0.0584. The molecule has 0 unspecified atom stereocenters. The number of nitrogens with zero attached hydrogens (tertiary/aromatic N) is 4. The van der Waals surface area contributed by atoms with E-state index in [1.165, 1.54) is 22.9 Å². The molecule has 1 heterocycles. The summed E-state index contributed by atoms with van der Waals surface area (Å²) in [5.74, 6) is 5.95. The highest BCUT2D eigenvalue weighted by molar-refractivity contribution is 9.10. The van der Waals surface area contributed by atoms with Gasteiger partial charge in [-0.2, -0.15) is 0 Å². The average molecular weight is 484 g/mol. The number of nitro groups is 1. The Hall–Kier alpha value is -2.63. The van der Waals surface area contributed by atoms with E-state index in [4.69, 9.17) is 17.4 Å². The van der Waals surface area contributed by atoms with Crippen molar-refractivity contribution in [3.8, 4) is 11.4 Å². The van der Waals surface area contributed by atoms with Crippen LogP contribution in [0.3, 0.4) is 0 Å². The minimum atomic E-state index is -0.616. The van der Waals surface area contributed by atoms with E-state index in [2.05, 4.69) is 31.4 Å². The lowest BCUT2D eigenvalue weighted by atomic mass is 10.2. The normalized spacial score (nSPS) is 10.6. The van der Waals surface area contributed by atoms with E-state index in [-0.39, 0.29) is 22.2 Å². The van der Waals surface area contributed by atoms with Crippen LogP contribution in [-0.2, 0) is 4.79 Å². The number of hydrogen-bond donors (Lipinski definition) is 2. The van der Waals surface area contributed by atoms with Gasteiger partial charge in [-0.3, -0.25) is 14.9 Å². The van der Waals surface area contributed by atoms with Crippen molar-refractivity contribution in [3.63, 3.8) is 0 Å². The van der Waals surface area contributed by atoms with E-state index >= 15 is 0 Å². The molecular weight excluding hydrogens is 472 g/mol. The Morgan fingerprint density at radius 1 is 1.32 bits per heavy atom. The fraction of sp³-hybridized carbons (Fsp3) is 0.0625. The van der Waals surface area contributed by atoms with Crippen molar-refractivity contribution in [1.82, 2.24) is 14.9 Å². The van der Waals surface area contributed by atoms with Crippen molar-refractivity contribution in [2.45, 2.75) is 5.16 Å². The van der Waals surface area contributed by atoms with Gasteiger partial charge in [0.2, 0.25) is 11.1 Å². The van der Waals surface area contributed by atoms with Crippen molar-refractivity contribution in [3.05, 3.63) is 62.1 Å². The Morgan fingerprint density at radius 2 is 2.07 bits per heavy atom. The number of nitrogens with two attached hydrogens (primary N) is 1. The Balaban J connectivity index is 1.70. The second kappa shape index (κ2) is 8.59. The van der Waals surface area contributed by atoms with Crippen molar-refractivity contribution in [1.29, 1.82) is 0 Å². The molecule has 3 rings (SSSR count). The van der Waals surface area contributed by atoms with Gasteiger partial charge < -0.3 is 11.2 Å². The molecular formula is C16H12BrClN6O3S. The predicted octanol–water partition coefficient (Wildman–Crippen LogP) is 3.71.